The lowest BCUT2D eigenvalue weighted by Gasteiger charge is -2.35. The minimum Gasteiger partial charge on any atom is -0.377 e. The van der Waals surface area contributed by atoms with Crippen molar-refractivity contribution in [1.29, 1.82) is 0 Å². The average molecular weight is 291 g/mol. The molecule has 1 atom stereocenters. The summed E-state index contributed by atoms with van der Waals surface area (Å²) < 4.78 is 5.81. The highest BCUT2D eigenvalue weighted by Gasteiger charge is 2.21. The zero-order valence-electron chi connectivity index (χ0n) is 13.6. The summed E-state index contributed by atoms with van der Waals surface area (Å²) in [5.41, 5.74) is 2.60. The molecular weight excluding hydrogens is 262 g/mol. The number of pyridine rings is 1. The summed E-state index contributed by atoms with van der Waals surface area (Å²) in [5.74, 6) is 0.669. The summed E-state index contributed by atoms with van der Waals surface area (Å²) in [6.07, 6.45) is 6.63. The summed E-state index contributed by atoms with van der Waals surface area (Å²) >= 11 is 0. The van der Waals surface area contributed by atoms with Gasteiger partial charge in [0.1, 0.15) is 0 Å². The Morgan fingerprint density at radius 2 is 2.33 bits per heavy atom. The van der Waals surface area contributed by atoms with Crippen LogP contribution in [0.2, 0.25) is 0 Å². The third-order valence-corrected chi connectivity index (χ3v) is 3.87. The molecule has 1 saturated heterocycles. The van der Waals surface area contributed by atoms with Crippen molar-refractivity contribution in [3.8, 4) is 0 Å². The lowest BCUT2D eigenvalue weighted by atomic mass is 10.1. The first-order valence-electron chi connectivity index (χ1n) is 8.20. The molecule has 118 valence electrons. The van der Waals surface area contributed by atoms with E-state index in [0.29, 0.717) is 12.0 Å². The predicted molar refractivity (Wildman–Crippen MR) is 87.6 cm³/mol. The predicted octanol–water partition coefficient (Wildman–Crippen LogP) is 2.83. The maximum absolute atomic E-state index is 5.81. The molecule has 4 heteroatoms. The fraction of sp³-hybridized carbons (Fsp3) is 0.706. The van der Waals surface area contributed by atoms with Gasteiger partial charge >= 0.3 is 0 Å². The summed E-state index contributed by atoms with van der Waals surface area (Å²) in [6, 6.07) is 2.14. The molecule has 0 spiro atoms. The number of nitrogens with zero attached hydrogens (tertiary/aromatic N) is 2. The molecule has 0 aliphatic carbocycles. The number of ether oxygens (including phenoxy) is 1. The van der Waals surface area contributed by atoms with Gasteiger partial charge in [0.25, 0.3) is 0 Å². The van der Waals surface area contributed by atoms with Crippen LogP contribution in [0, 0.1) is 5.92 Å². The van der Waals surface area contributed by atoms with Gasteiger partial charge in [-0.3, -0.25) is 4.98 Å². The standard InChI is InChI=1S/C17H29N3O/c1-4-21-16-6-5-9-20(13-16)17-7-8-18-11-15(17)12-19-10-14(2)3/h7-8,11,14,16,19H,4-6,9-10,12-13H2,1-3H3. The molecule has 2 rings (SSSR count). The molecule has 1 unspecified atom stereocenters. The van der Waals surface area contributed by atoms with Crippen molar-refractivity contribution in [2.24, 2.45) is 5.92 Å². The average Bonchev–Trinajstić information content (AvgIpc) is 2.48. The van der Waals surface area contributed by atoms with Crippen LogP contribution in [0.1, 0.15) is 39.2 Å². The third kappa shape index (κ3) is 4.97. The fourth-order valence-electron chi connectivity index (χ4n) is 2.89. The minimum atomic E-state index is 0.369. The van der Waals surface area contributed by atoms with Crippen molar-refractivity contribution in [2.45, 2.75) is 46.3 Å². The second-order valence-corrected chi connectivity index (χ2v) is 6.19. The number of nitrogens with one attached hydrogen (secondary N) is 1. The first-order valence-corrected chi connectivity index (χ1v) is 8.20. The van der Waals surface area contributed by atoms with E-state index in [4.69, 9.17) is 4.74 Å². The van der Waals surface area contributed by atoms with E-state index >= 15 is 0 Å². The maximum atomic E-state index is 5.81. The van der Waals surface area contributed by atoms with E-state index in [2.05, 4.69) is 42.0 Å². The van der Waals surface area contributed by atoms with Gasteiger partial charge < -0.3 is 15.0 Å². The van der Waals surface area contributed by atoms with Crippen LogP contribution < -0.4 is 10.2 Å². The Morgan fingerprint density at radius 3 is 3.10 bits per heavy atom. The first kappa shape index (κ1) is 16.2. The third-order valence-electron chi connectivity index (χ3n) is 3.87. The van der Waals surface area contributed by atoms with Gasteiger partial charge in [-0.25, -0.2) is 0 Å². The Morgan fingerprint density at radius 1 is 1.48 bits per heavy atom. The smallest absolute Gasteiger partial charge is 0.0750 e. The Balaban J connectivity index is 2.01. The second kappa shape index (κ2) is 8.35. The molecule has 2 heterocycles. The van der Waals surface area contributed by atoms with Crippen LogP contribution in [0.5, 0.6) is 0 Å². The molecule has 0 radical (unpaired) electrons. The molecule has 0 bridgehead atoms. The van der Waals surface area contributed by atoms with E-state index < -0.39 is 0 Å². The molecule has 1 aromatic heterocycles. The van der Waals surface area contributed by atoms with Gasteiger partial charge in [-0.1, -0.05) is 13.8 Å². The lowest BCUT2D eigenvalue weighted by Crippen LogP contribution is -2.40. The highest BCUT2D eigenvalue weighted by Crippen LogP contribution is 2.24. The Bertz CT molecular complexity index is 420. The number of hydrogen-bond donors (Lipinski definition) is 1. The topological polar surface area (TPSA) is 37.4 Å². The first-order chi connectivity index (χ1) is 10.2. The van der Waals surface area contributed by atoms with Gasteiger partial charge in [0.15, 0.2) is 0 Å². The highest BCUT2D eigenvalue weighted by atomic mass is 16.5. The van der Waals surface area contributed by atoms with Crippen molar-refractivity contribution in [3.05, 3.63) is 24.0 Å². The van der Waals surface area contributed by atoms with Gasteiger partial charge in [0.05, 0.1) is 6.10 Å². The van der Waals surface area contributed by atoms with E-state index in [9.17, 15) is 0 Å². The monoisotopic (exact) mass is 291 g/mol. The molecule has 0 amide bonds. The van der Waals surface area contributed by atoms with Crippen LogP contribution in [0.3, 0.4) is 0 Å². The maximum Gasteiger partial charge on any atom is 0.0750 e. The normalized spacial score (nSPS) is 19.2. The largest absolute Gasteiger partial charge is 0.377 e. The molecule has 0 saturated carbocycles. The zero-order chi connectivity index (χ0) is 15.1. The van der Waals surface area contributed by atoms with Crippen molar-refractivity contribution >= 4 is 5.69 Å². The van der Waals surface area contributed by atoms with Crippen molar-refractivity contribution in [1.82, 2.24) is 10.3 Å². The number of hydrogen-bond acceptors (Lipinski definition) is 4. The zero-order valence-corrected chi connectivity index (χ0v) is 13.6. The van der Waals surface area contributed by atoms with Crippen LogP contribution >= 0.6 is 0 Å². The van der Waals surface area contributed by atoms with Gasteiger partial charge in [-0.05, 0) is 38.3 Å². The van der Waals surface area contributed by atoms with Crippen LogP contribution in [-0.2, 0) is 11.3 Å². The second-order valence-electron chi connectivity index (χ2n) is 6.19. The van der Waals surface area contributed by atoms with Crippen molar-refractivity contribution in [2.75, 3.05) is 31.1 Å². The Labute approximate surface area is 128 Å². The molecule has 1 N–H and O–H groups in total. The summed E-state index contributed by atoms with van der Waals surface area (Å²) in [4.78, 5) is 6.75. The quantitative estimate of drug-likeness (QED) is 0.838. The van der Waals surface area contributed by atoms with E-state index in [1.165, 1.54) is 24.1 Å². The van der Waals surface area contributed by atoms with Crippen LogP contribution in [-0.4, -0.2) is 37.3 Å². The van der Waals surface area contributed by atoms with Gasteiger partial charge in [0.2, 0.25) is 0 Å². The number of aromatic nitrogens is 1. The summed E-state index contributed by atoms with van der Waals surface area (Å²) in [7, 11) is 0. The molecule has 4 nitrogen and oxygen atoms in total. The number of piperidine rings is 1. The van der Waals surface area contributed by atoms with Crippen molar-refractivity contribution < 1.29 is 4.74 Å². The SMILES string of the molecule is CCOC1CCCN(c2ccncc2CNCC(C)C)C1. The number of anilines is 1. The lowest BCUT2D eigenvalue weighted by molar-refractivity contribution is 0.0526. The van der Waals surface area contributed by atoms with E-state index in [0.717, 1.165) is 32.8 Å². The van der Waals surface area contributed by atoms with E-state index in [-0.39, 0.29) is 0 Å². The number of rotatable bonds is 7. The van der Waals surface area contributed by atoms with Crippen LogP contribution in [0.4, 0.5) is 5.69 Å². The summed E-state index contributed by atoms with van der Waals surface area (Å²) in [5, 5.41) is 3.52. The summed E-state index contributed by atoms with van der Waals surface area (Å²) in [6.45, 7) is 11.4. The molecule has 1 aliphatic rings. The van der Waals surface area contributed by atoms with Crippen LogP contribution in [0.15, 0.2) is 18.5 Å². The van der Waals surface area contributed by atoms with Gasteiger partial charge in [-0.15, -0.1) is 0 Å². The molecule has 1 aromatic rings. The van der Waals surface area contributed by atoms with E-state index in [1.54, 1.807) is 0 Å². The van der Waals surface area contributed by atoms with Crippen molar-refractivity contribution in [3.63, 3.8) is 0 Å². The molecule has 1 aliphatic heterocycles. The van der Waals surface area contributed by atoms with Gasteiger partial charge in [0, 0.05) is 49.9 Å². The highest BCUT2D eigenvalue weighted by molar-refractivity contribution is 5.52. The van der Waals surface area contributed by atoms with Gasteiger partial charge in [-0.2, -0.15) is 0 Å². The molecule has 21 heavy (non-hydrogen) atoms. The molecule has 0 aromatic carbocycles. The molecular formula is C17H29N3O. The van der Waals surface area contributed by atoms with E-state index in [1.807, 2.05) is 12.4 Å². The fourth-order valence-corrected chi connectivity index (χ4v) is 2.89. The van der Waals surface area contributed by atoms with Crippen LogP contribution in [0.25, 0.3) is 0 Å². The molecule has 1 fully saturated rings. The minimum absolute atomic E-state index is 0.369. The Kier molecular flexibility index (Phi) is 6.46. The Hall–Kier alpha value is -1.13.